The van der Waals surface area contributed by atoms with E-state index in [9.17, 15) is 9.90 Å². The van der Waals surface area contributed by atoms with Crippen LogP contribution in [0.1, 0.15) is 10.6 Å². The van der Waals surface area contributed by atoms with Crippen LogP contribution in [-0.2, 0) is 0 Å². The van der Waals surface area contributed by atoms with Gasteiger partial charge < -0.3 is 13.9 Å². The average molecular weight is 303 g/mol. The molecule has 110 valence electrons. The molecule has 5 heteroatoms. The second-order valence-corrected chi connectivity index (χ2v) is 5.40. The highest BCUT2D eigenvalue weighted by atomic mass is 16.4. The number of benzene rings is 2. The van der Waals surface area contributed by atoms with Gasteiger partial charge in [-0.3, -0.25) is 0 Å². The number of para-hydroxylation sites is 1. The number of fused-ring (bicyclic) bond motifs is 7. The van der Waals surface area contributed by atoms with E-state index < -0.39 is 5.97 Å². The van der Waals surface area contributed by atoms with Gasteiger partial charge in [-0.05, 0) is 18.2 Å². The van der Waals surface area contributed by atoms with E-state index in [2.05, 4.69) is 4.98 Å². The van der Waals surface area contributed by atoms with Crippen LogP contribution in [0, 0.1) is 0 Å². The summed E-state index contributed by atoms with van der Waals surface area (Å²) in [5, 5.41) is 12.6. The molecule has 0 radical (unpaired) electrons. The molecule has 0 aliphatic carbocycles. The lowest BCUT2D eigenvalue weighted by Crippen LogP contribution is -1.91. The molecule has 0 spiro atoms. The summed E-state index contributed by atoms with van der Waals surface area (Å²) in [4.78, 5) is 15.9. The van der Waals surface area contributed by atoms with Gasteiger partial charge in [0.1, 0.15) is 11.1 Å². The van der Waals surface area contributed by atoms with Gasteiger partial charge >= 0.3 is 5.97 Å². The molecule has 0 bridgehead atoms. The predicted octanol–water partition coefficient (Wildman–Crippen LogP) is 4.58. The Bertz CT molecular complexity index is 1250. The predicted molar refractivity (Wildman–Crippen MR) is 85.8 cm³/mol. The van der Waals surface area contributed by atoms with Gasteiger partial charge in [0.05, 0.1) is 17.2 Å². The number of nitrogens with zero attached hydrogens (tertiary/aromatic N) is 1. The lowest BCUT2D eigenvalue weighted by atomic mass is 10.1. The molecule has 23 heavy (non-hydrogen) atoms. The van der Waals surface area contributed by atoms with Gasteiger partial charge in [0.15, 0.2) is 5.58 Å². The number of aromatic nitrogens is 1. The van der Waals surface area contributed by atoms with Crippen molar-refractivity contribution in [3.63, 3.8) is 0 Å². The Morgan fingerprint density at radius 1 is 1.00 bits per heavy atom. The number of carboxylic acid groups (broad SMARTS) is 1. The second-order valence-electron chi connectivity index (χ2n) is 5.40. The zero-order chi connectivity index (χ0) is 15.6. The first-order valence-corrected chi connectivity index (χ1v) is 7.08. The van der Waals surface area contributed by atoms with Gasteiger partial charge in [-0.25, -0.2) is 9.78 Å². The van der Waals surface area contributed by atoms with Crippen LogP contribution in [-0.4, -0.2) is 16.1 Å². The minimum atomic E-state index is -1.12. The largest absolute Gasteiger partial charge is 0.475 e. The van der Waals surface area contributed by atoms with E-state index in [-0.39, 0.29) is 5.76 Å². The van der Waals surface area contributed by atoms with Crippen molar-refractivity contribution < 1.29 is 18.7 Å². The van der Waals surface area contributed by atoms with Gasteiger partial charge in [0.2, 0.25) is 5.76 Å². The van der Waals surface area contributed by atoms with Crippen LogP contribution >= 0.6 is 0 Å². The summed E-state index contributed by atoms with van der Waals surface area (Å²) in [6, 6.07) is 13.2. The molecule has 0 aliphatic rings. The van der Waals surface area contributed by atoms with E-state index >= 15 is 0 Å². The zero-order valence-electron chi connectivity index (χ0n) is 11.7. The minimum absolute atomic E-state index is 0.125. The maximum Gasteiger partial charge on any atom is 0.371 e. The fraction of sp³-hybridized carbons (Fsp3) is 0. The molecule has 0 amide bonds. The maximum atomic E-state index is 11.2. The van der Waals surface area contributed by atoms with Crippen molar-refractivity contribution in [2.24, 2.45) is 0 Å². The van der Waals surface area contributed by atoms with Gasteiger partial charge in [-0.15, -0.1) is 0 Å². The summed E-state index contributed by atoms with van der Waals surface area (Å²) in [6.07, 6.45) is 1.59. The molecule has 0 aliphatic heterocycles. The van der Waals surface area contributed by atoms with Crippen LogP contribution in [0.4, 0.5) is 0 Å². The summed E-state index contributed by atoms with van der Waals surface area (Å²) >= 11 is 0. The molecule has 1 N–H and O–H groups in total. The standard InChI is InChI=1S/C18H9NO4/c20-18(21)14-8-12-16-10(5-6-22-16)11-7-9-3-1-2-4-13(9)19-15(11)17(12)23-14/h1-8H,(H,20,21). The molecule has 0 saturated heterocycles. The molecular weight excluding hydrogens is 294 g/mol. The van der Waals surface area contributed by atoms with Crippen molar-refractivity contribution in [2.45, 2.75) is 0 Å². The number of pyridine rings is 1. The quantitative estimate of drug-likeness (QED) is 0.459. The number of carbonyl (C=O) groups is 1. The van der Waals surface area contributed by atoms with E-state index in [0.29, 0.717) is 22.1 Å². The average Bonchev–Trinajstić information content (AvgIpc) is 3.20. The molecular formula is C18H9NO4. The summed E-state index contributed by atoms with van der Waals surface area (Å²) in [5.41, 5.74) is 2.52. The lowest BCUT2D eigenvalue weighted by Gasteiger charge is -2.03. The first kappa shape index (κ1) is 12.2. The zero-order valence-corrected chi connectivity index (χ0v) is 11.7. The monoisotopic (exact) mass is 303 g/mol. The summed E-state index contributed by atoms with van der Waals surface area (Å²) in [6.45, 7) is 0. The molecule has 5 rings (SSSR count). The Balaban J connectivity index is 2.10. The molecule has 0 fully saturated rings. The van der Waals surface area contributed by atoms with E-state index in [1.165, 1.54) is 6.07 Å². The van der Waals surface area contributed by atoms with Crippen LogP contribution in [0.5, 0.6) is 0 Å². The molecule has 5 aromatic rings. The van der Waals surface area contributed by atoms with E-state index in [0.717, 1.165) is 21.7 Å². The van der Waals surface area contributed by atoms with Crippen molar-refractivity contribution >= 4 is 49.7 Å². The summed E-state index contributed by atoms with van der Waals surface area (Å²) < 4.78 is 11.1. The third-order valence-corrected chi connectivity index (χ3v) is 4.08. The molecule has 5 nitrogen and oxygen atoms in total. The van der Waals surface area contributed by atoms with E-state index in [1.807, 2.05) is 36.4 Å². The topological polar surface area (TPSA) is 76.5 Å². The molecule has 3 heterocycles. The highest BCUT2D eigenvalue weighted by molar-refractivity contribution is 6.23. The highest BCUT2D eigenvalue weighted by Gasteiger charge is 2.19. The number of furan rings is 2. The first-order chi connectivity index (χ1) is 11.2. The van der Waals surface area contributed by atoms with Crippen molar-refractivity contribution in [3.8, 4) is 0 Å². The normalized spacial score (nSPS) is 11.8. The Kier molecular flexibility index (Phi) is 2.18. The van der Waals surface area contributed by atoms with Crippen molar-refractivity contribution in [2.75, 3.05) is 0 Å². The van der Waals surface area contributed by atoms with E-state index in [4.69, 9.17) is 8.83 Å². The Morgan fingerprint density at radius 3 is 2.74 bits per heavy atom. The second kappa shape index (κ2) is 4.10. The Morgan fingerprint density at radius 2 is 1.87 bits per heavy atom. The molecule has 2 aromatic carbocycles. The van der Waals surface area contributed by atoms with Gasteiger partial charge in [-0.2, -0.15) is 0 Å². The number of rotatable bonds is 1. The minimum Gasteiger partial charge on any atom is -0.475 e. The molecule has 0 unspecified atom stereocenters. The van der Waals surface area contributed by atoms with Gasteiger partial charge in [-0.1, -0.05) is 18.2 Å². The molecule has 0 atom stereocenters. The van der Waals surface area contributed by atoms with Crippen molar-refractivity contribution in [1.82, 2.24) is 4.98 Å². The van der Waals surface area contributed by atoms with Crippen LogP contribution in [0.2, 0.25) is 0 Å². The van der Waals surface area contributed by atoms with Gasteiger partial charge in [0.25, 0.3) is 0 Å². The first-order valence-electron chi connectivity index (χ1n) is 7.08. The summed E-state index contributed by atoms with van der Waals surface area (Å²) in [7, 11) is 0. The third kappa shape index (κ3) is 1.56. The number of hydrogen-bond acceptors (Lipinski definition) is 4. The fourth-order valence-electron chi connectivity index (χ4n) is 3.07. The van der Waals surface area contributed by atoms with Crippen LogP contribution in [0.25, 0.3) is 43.7 Å². The Labute approximate surface area is 128 Å². The van der Waals surface area contributed by atoms with Crippen LogP contribution in [0.3, 0.4) is 0 Å². The molecule has 0 saturated carbocycles. The third-order valence-electron chi connectivity index (χ3n) is 4.08. The maximum absolute atomic E-state index is 11.2. The summed E-state index contributed by atoms with van der Waals surface area (Å²) in [5.74, 6) is -1.24. The SMILES string of the molecule is O=C(O)c1cc2c3occc3c3cc4ccccc4nc3c2o1. The highest BCUT2D eigenvalue weighted by Crippen LogP contribution is 2.37. The van der Waals surface area contributed by atoms with Crippen LogP contribution in [0.15, 0.2) is 57.6 Å². The van der Waals surface area contributed by atoms with Crippen molar-refractivity contribution in [3.05, 3.63) is 54.5 Å². The van der Waals surface area contributed by atoms with E-state index in [1.54, 1.807) is 6.26 Å². The Hall–Kier alpha value is -3.34. The van der Waals surface area contributed by atoms with Crippen LogP contribution < -0.4 is 0 Å². The number of carboxylic acids is 1. The lowest BCUT2D eigenvalue weighted by molar-refractivity contribution is 0.0665. The van der Waals surface area contributed by atoms with Gasteiger partial charge in [0, 0.05) is 22.2 Å². The molecule has 3 aromatic heterocycles. The number of aromatic carboxylic acids is 1. The van der Waals surface area contributed by atoms with Crippen molar-refractivity contribution in [1.29, 1.82) is 0 Å². The number of hydrogen-bond donors (Lipinski definition) is 1. The smallest absolute Gasteiger partial charge is 0.371 e. The fourth-order valence-corrected chi connectivity index (χ4v) is 3.07.